The van der Waals surface area contributed by atoms with Crippen molar-refractivity contribution in [1.29, 1.82) is 0 Å². The molecule has 84 valence electrons. The highest BCUT2D eigenvalue weighted by atomic mass is 79.9. The first-order chi connectivity index (χ1) is 7.40. The number of hydrogen-bond acceptors (Lipinski definition) is 1. The number of halogens is 1. The Hall–Kier alpha value is -0.310. The summed E-state index contributed by atoms with van der Waals surface area (Å²) in [5, 5.41) is 5.74. The van der Waals surface area contributed by atoms with Crippen LogP contribution in [0.25, 0.3) is 0 Å². The van der Waals surface area contributed by atoms with Crippen LogP contribution in [-0.2, 0) is 6.42 Å². The Morgan fingerprint density at radius 2 is 2.13 bits per heavy atom. The van der Waals surface area contributed by atoms with E-state index in [2.05, 4.69) is 38.0 Å². The van der Waals surface area contributed by atoms with E-state index in [9.17, 15) is 0 Å². The smallest absolute Gasteiger partial charge is 0.0625 e. The third-order valence-electron chi connectivity index (χ3n) is 3.18. The molecule has 1 aromatic heterocycles. The van der Waals surface area contributed by atoms with Crippen molar-refractivity contribution in [2.24, 2.45) is 0 Å². The Morgan fingerprint density at radius 3 is 2.87 bits per heavy atom. The maximum atomic E-state index is 4.67. The molecule has 15 heavy (non-hydrogen) atoms. The first-order valence-electron chi connectivity index (χ1n) is 6.00. The molecule has 2 nitrogen and oxygen atoms in total. The fourth-order valence-corrected chi connectivity index (χ4v) is 2.59. The van der Waals surface area contributed by atoms with E-state index in [0.717, 1.165) is 11.8 Å². The van der Waals surface area contributed by atoms with Crippen LogP contribution in [0.15, 0.2) is 12.3 Å². The molecule has 1 heterocycles. The highest BCUT2D eigenvalue weighted by Gasteiger charge is 2.15. The second kappa shape index (κ2) is 5.69. The molecule has 1 aliphatic carbocycles. The lowest BCUT2D eigenvalue weighted by atomic mass is 9.96. The zero-order valence-electron chi connectivity index (χ0n) is 9.16. The zero-order chi connectivity index (χ0) is 10.5. The van der Waals surface area contributed by atoms with E-state index < -0.39 is 0 Å². The Bertz CT molecular complexity index is 290. The van der Waals surface area contributed by atoms with Crippen molar-refractivity contribution in [3.63, 3.8) is 0 Å². The third-order valence-corrected chi connectivity index (χ3v) is 3.74. The van der Waals surface area contributed by atoms with Gasteiger partial charge in [0, 0.05) is 11.5 Å². The Balaban J connectivity index is 1.93. The van der Waals surface area contributed by atoms with E-state index in [1.165, 1.54) is 44.2 Å². The summed E-state index contributed by atoms with van der Waals surface area (Å²) in [4.78, 5) is 0. The lowest BCUT2D eigenvalue weighted by Gasteiger charge is -2.21. The van der Waals surface area contributed by atoms with E-state index in [-0.39, 0.29) is 0 Å². The molecule has 0 amide bonds. The van der Waals surface area contributed by atoms with E-state index in [0.29, 0.717) is 6.04 Å². The van der Waals surface area contributed by atoms with Gasteiger partial charge >= 0.3 is 0 Å². The number of aryl methyl sites for hydroxylation is 1. The predicted molar refractivity (Wildman–Crippen MR) is 66.5 cm³/mol. The number of rotatable bonds is 4. The number of hydrogen-bond donors (Lipinski definition) is 0. The van der Waals surface area contributed by atoms with Gasteiger partial charge < -0.3 is 0 Å². The molecule has 0 aliphatic heterocycles. The lowest BCUT2D eigenvalue weighted by Crippen LogP contribution is -2.13. The van der Waals surface area contributed by atoms with Gasteiger partial charge in [0.25, 0.3) is 0 Å². The van der Waals surface area contributed by atoms with Crippen LogP contribution in [0.3, 0.4) is 0 Å². The molecule has 0 aromatic carbocycles. The minimum Gasteiger partial charge on any atom is -0.269 e. The average Bonchev–Trinajstić information content (AvgIpc) is 2.76. The standard InChI is InChI=1S/C12H19BrN2/c13-9-4-5-11-8-10-15(14-11)12-6-2-1-3-7-12/h8,10,12H,1-7,9H2. The summed E-state index contributed by atoms with van der Waals surface area (Å²) in [5.41, 5.74) is 1.25. The number of aromatic nitrogens is 2. The normalized spacial score (nSPS) is 18.2. The van der Waals surface area contributed by atoms with Crippen LogP contribution in [0.5, 0.6) is 0 Å². The van der Waals surface area contributed by atoms with Crippen molar-refractivity contribution < 1.29 is 0 Å². The van der Waals surface area contributed by atoms with Gasteiger partial charge in [-0.3, -0.25) is 4.68 Å². The summed E-state index contributed by atoms with van der Waals surface area (Å²) >= 11 is 3.46. The summed E-state index contributed by atoms with van der Waals surface area (Å²) < 4.78 is 2.20. The summed E-state index contributed by atoms with van der Waals surface area (Å²) in [7, 11) is 0. The van der Waals surface area contributed by atoms with Crippen LogP contribution < -0.4 is 0 Å². The Labute approximate surface area is 100 Å². The fourth-order valence-electron chi connectivity index (χ4n) is 2.31. The summed E-state index contributed by atoms with van der Waals surface area (Å²) in [5.74, 6) is 0. The molecule has 0 unspecified atom stereocenters. The highest BCUT2D eigenvalue weighted by Crippen LogP contribution is 2.27. The first-order valence-corrected chi connectivity index (χ1v) is 7.12. The summed E-state index contributed by atoms with van der Waals surface area (Å²) in [6.45, 7) is 0. The monoisotopic (exact) mass is 270 g/mol. The van der Waals surface area contributed by atoms with E-state index >= 15 is 0 Å². The van der Waals surface area contributed by atoms with Crippen molar-refractivity contribution in [3.8, 4) is 0 Å². The molecule has 0 N–H and O–H groups in total. The zero-order valence-corrected chi connectivity index (χ0v) is 10.7. The van der Waals surface area contributed by atoms with Gasteiger partial charge in [-0.15, -0.1) is 0 Å². The quantitative estimate of drug-likeness (QED) is 0.763. The Kier molecular flexibility index (Phi) is 4.24. The lowest BCUT2D eigenvalue weighted by molar-refractivity contribution is 0.328. The van der Waals surface area contributed by atoms with Crippen molar-refractivity contribution in [2.75, 3.05) is 5.33 Å². The molecule has 0 spiro atoms. The molecule has 3 heteroatoms. The topological polar surface area (TPSA) is 17.8 Å². The molecule has 1 aliphatic rings. The van der Waals surface area contributed by atoms with Gasteiger partial charge in [0.05, 0.1) is 11.7 Å². The van der Waals surface area contributed by atoms with Crippen molar-refractivity contribution in [3.05, 3.63) is 18.0 Å². The molecular weight excluding hydrogens is 252 g/mol. The van der Waals surface area contributed by atoms with Crippen molar-refractivity contribution in [1.82, 2.24) is 9.78 Å². The van der Waals surface area contributed by atoms with Gasteiger partial charge in [0.1, 0.15) is 0 Å². The van der Waals surface area contributed by atoms with Crippen molar-refractivity contribution >= 4 is 15.9 Å². The molecule has 1 saturated carbocycles. The maximum absolute atomic E-state index is 4.67. The van der Waals surface area contributed by atoms with Crippen LogP contribution in [0.4, 0.5) is 0 Å². The molecule has 0 radical (unpaired) electrons. The molecule has 2 rings (SSSR count). The first kappa shape index (κ1) is 11.2. The fraction of sp³-hybridized carbons (Fsp3) is 0.750. The molecule has 1 fully saturated rings. The largest absolute Gasteiger partial charge is 0.269 e. The van der Waals surface area contributed by atoms with Crippen LogP contribution in [0.1, 0.15) is 50.3 Å². The van der Waals surface area contributed by atoms with Gasteiger partial charge in [-0.05, 0) is 31.7 Å². The minimum atomic E-state index is 0.677. The van der Waals surface area contributed by atoms with Crippen LogP contribution in [0.2, 0.25) is 0 Å². The Morgan fingerprint density at radius 1 is 1.33 bits per heavy atom. The summed E-state index contributed by atoms with van der Waals surface area (Å²) in [6.07, 6.45) is 11.3. The minimum absolute atomic E-state index is 0.677. The van der Waals surface area contributed by atoms with E-state index in [1.54, 1.807) is 0 Å². The predicted octanol–water partition coefficient (Wildman–Crippen LogP) is 3.72. The number of nitrogens with zero attached hydrogens (tertiary/aromatic N) is 2. The van der Waals surface area contributed by atoms with Gasteiger partial charge in [-0.25, -0.2) is 0 Å². The van der Waals surface area contributed by atoms with Crippen LogP contribution in [-0.4, -0.2) is 15.1 Å². The van der Waals surface area contributed by atoms with Crippen LogP contribution in [0, 0.1) is 0 Å². The molecule has 0 bridgehead atoms. The molecule has 0 atom stereocenters. The van der Waals surface area contributed by atoms with Crippen LogP contribution >= 0.6 is 15.9 Å². The van der Waals surface area contributed by atoms with Gasteiger partial charge in [-0.2, -0.15) is 5.10 Å². The number of alkyl halides is 1. The second-order valence-electron chi connectivity index (χ2n) is 4.37. The second-order valence-corrected chi connectivity index (χ2v) is 5.16. The van der Waals surface area contributed by atoms with Gasteiger partial charge in [-0.1, -0.05) is 35.2 Å². The third kappa shape index (κ3) is 3.07. The van der Waals surface area contributed by atoms with E-state index in [4.69, 9.17) is 0 Å². The summed E-state index contributed by atoms with van der Waals surface area (Å²) in [6, 6.07) is 2.86. The SMILES string of the molecule is BrCCCc1ccn(C2CCCCC2)n1. The van der Waals surface area contributed by atoms with E-state index in [1.807, 2.05) is 0 Å². The van der Waals surface area contributed by atoms with Crippen molar-refractivity contribution in [2.45, 2.75) is 51.0 Å². The highest BCUT2D eigenvalue weighted by molar-refractivity contribution is 9.09. The van der Waals surface area contributed by atoms with Gasteiger partial charge in [0.2, 0.25) is 0 Å². The maximum Gasteiger partial charge on any atom is 0.0625 e. The molecule has 1 aromatic rings. The molecular formula is C12H19BrN2. The average molecular weight is 271 g/mol. The van der Waals surface area contributed by atoms with Gasteiger partial charge in [0.15, 0.2) is 0 Å². The molecule has 0 saturated heterocycles.